The van der Waals surface area contributed by atoms with Crippen LogP contribution in [0.4, 0.5) is 0 Å². The van der Waals surface area contributed by atoms with E-state index in [0.29, 0.717) is 17.3 Å². The molecular weight excluding hydrogens is 304 g/mol. The number of hydrogen-bond donors (Lipinski definition) is 1. The van der Waals surface area contributed by atoms with Crippen molar-refractivity contribution in [2.75, 3.05) is 7.11 Å². The van der Waals surface area contributed by atoms with Crippen LogP contribution in [-0.4, -0.2) is 33.8 Å². The van der Waals surface area contributed by atoms with Crippen molar-refractivity contribution >= 4 is 16.9 Å². The average Bonchev–Trinajstić information content (AvgIpc) is 3.35. The van der Waals surface area contributed by atoms with Crippen molar-refractivity contribution in [1.82, 2.24) is 20.1 Å². The summed E-state index contributed by atoms with van der Waals surface area (Å²) in [6, 6.07) is 9.79. The predicted octanol–water partition coefficient (Wildman–Crippen LogP) is 2.54. The summed E-state index contributed by atoms with van der Waals surface area (Å²) in [7, 11) is 3.46. The van der Waals surface area contributed by atoms with Gasteiger partial charge in [-0.25, -0.2) is 4.98 Å². The van der Waals surface area contributed by atoms with Gasteiger partial charge in [0.2, 0.25) is 0 Å². The number of carbonyl (C=O) groups excluding carboxylic acids is 1. The topological polar surface area (TPSA) is 69.0 Å². The maximum absolute atomic E-state index is 12.6. The molecule has 1 aliphatic carbocycles. The molecule has 0 spiro atoms. The molecule has 2 aromatic heterocycles. The number of nitrogens with one attached hydrogen (secondary N) is 1. The quantitative estimate of drug-likeness (QED) is 0.801. The molecule has 0 saturated heterocycles. The number of aryl methyl sites for hydroxylation is 1. The number of ether oxygens (including phenoxy) is 1. The zero-order valence-electron chi connectivity index (χ0n) is 13.6. The van der Waals surface area contributed by atoms with Crippen LogP contribution >= 0.6 is 0 Å². The fraction of sp³-hybridized carbons (Fsp3) is 0.278. The summed E-state index contributed by atoms with van der Waals surface area (Å²) in [6.45, 7) is 0. The van der Waals surface area contributed by atoms with E-state index in [9.17, 15) is 4.79 Å². The Labute approximate surface area is 139 Å². The molecule has 1 saturated carbocycles. The van der Waals surface area contributed by atoms with E-state index in [1.807, 2.05) is 37.4 Å². The van der Waals surface area contributed by atoms with Crippen molar-refractivity contribution in [2.24, 2.45) is 7.05 Å². The molecule has 0 unspecified atom stereocenters. The minimum atomic E-state index is -0.0675. The van der Waals surface area contributed by atoms with Gasteiger partial charge in [-0.05, 0) is 31.0 Å². The van der Waals surface area contributed by atoms with Crippen LogP contribution in [0.3, 0.4) is 0 Å². The first kappa shape index (κ1) is 14.7. The number of aromatic nitrogens is 3. The van der Waals surface area contributed by atoms with E-state index in [0.717, 1.165) is 35.2 Å². The lowest BCUT2D eigenvalue weighted by atomic mass is 10.1. The van der Waals surface area contributed by atoms with E-state index in [1.165, 1.54) is 0 Å². The van der Waals surface area contributed by atoms with Crippen LogP contribution in [0.5, 0.6) is 5.75 Å². The number of fused-ring (bicyclic) bond motifs is 1. The van der Waals surface area contributed by atoms with Gasteiger partial charge in [0.25, 0.3) is 5.91 Å². The molecule has 1 aromatic carbocycles. The second kappa shape index (κ2) is 5.63. The molecule has 0 bridgehead atoms. The summed E-state index contributed by atoms with van der Waals surface area (Å²) < 4.78 is 6.97. The van der Waals surface area contributed by atoms with Crippen LogP contribution in [0.15, 0.2) is 36.5 Å². The smallest absolute Gasteiger partial charge is 0.252 e. The highest BCUT2D eigenvalue weighted by molar-refractivity contribution is 6.06. The van der Waals surface area contributed by atoms with Crippen molar-refractivity contribution in [1.29, 1.82) is 0 Å². The molecule has 6 heteroatoms. The van der Waals surface area contributed by atoms with Crippen molar-refractivity contribution in [3.8, 4) is 17.0 Å². The molecular formula is C18H18N4O2. The normalized spacial score (nSPS) is 13.9. The van der Waals surface area contributed by atoms with Crippen LogP contribution in [-0.2, 0) is 7.05 Å². The average molecular weight is 322 g/mol. The first-order chi connectivity index (χ1) is 11.7. The second-order valence-electron chi connectivity index (χ2n) is 6.04. The maximum atomic E-state index is 12.6. The summed E-state index contributed by atoms with van der Waals surface area (Å²) in [5.74, 6) is 0.686. The summed E-state index contributed by atoms with van der Waals surface area (Å²) >= 11 is 0. The van der Waals surface area contributed by atoms with Gasteiger partial charge in [0, 0.05) is 18.7 Å². The summed E-state index contributed by atoms with van der Waals surface area (Å²) in [6.07, 6.45) is 3.80. The standard InChI is InChI=1S/C18H18N4O2/c1-22-17-15(10-19-22)14(18(23)20-12-6-7-12)9-16(21-17)11-4-3-5-13(8-11)24-2/h3-5,8-10,12H,6-7H2,1-2H3,(H,20,23). The molecule has 24 heavy (non-hydrogen) atoms. The number of methoxy groups -OCH3 is 1. The van der Waals surface area contributed by atoms with Gasteiger partial charge in [0.1, 0.15) is 5.75 Å². The molecule has 0 radical (unpaired) electrons. The lowest BCUT2D eigenvalue weighted by Gasteiger charge is -2.09. The van der Waals surface area contributed by atoms with Crippen LogP contribution in [0, 0.1) is 0 Å². The monoisotopic (exact) mass is 322 g/mol. The zero-order chi connectivity index (χ0) is 16.7. The van der Waals surface area contributed by atoms with Gasteiger partial charge in [-0.15, -0.1) is 0 Å². The Morgan fingerprint density at radius 2 is 2.17 bits per heavy atom. The number of pyridine rings is 1. The van der Waals surface area contributed by atoms with Crippen molar-refractivity contribution in [3.63, 3.8) is 0 Å². The number of rotatable bonds is 4. The summed E-state index contributed by atoms with van der Waals surface area (Å²) in [5.41, 5.74) is 2.93. The molecule has 0 atom stereocenters. The molecule has 4 rings (SSSR count). The summed E-state index contributed by atoms with van der Waals surface area (Å²) in [4.78, 5) is 17.3. The SMILES string of the molecule is COc1cccc(-c2cc(C(=O)NC3CC3)c3cnn(C)c3n2)c1. The van der Waals surface area contributed by atoms with E-state index < -0.39 is 0 Å². The van der Waals surface area contributed by atoms with E-state index >= 15 is 0 Å². The van der Waals surface area contributed by atoms with Crippen LogP contribution < -0.4 is 10.1 Å². The van der Waals surface area contributed by atoms with Gasteiger partial charge in [-0.1, -0.05) is 12.1 Å². The number of amides is 1. The third-order valence-corrected chi connectivity index (χ3v) is 4.23. The lowest BCUT2D eigenvalue weighted by molar-refractivity contribution is 0.0952. The molecule has 0 aliphatic heterocycles. The van der Waals surface area contributed by atoms with Gasteiger partial charge in [0.15, 0.2) is 5.65 Å². The van der Waals surface area contributed by atoms with E-state index in [2.05, 4.69) is 15.4 Å². The highest BCUT2D eigenvalue weighted by Gasteiger charge is 2.25. The van der Waals surface area contributed by atoms with E-state index in [-0.39, 0.29) is 5.91 Å². The Morgan fingerprint density at radius 3 is 2.92 bits per heavy atom. The van der Waals surface area contributed by atoms with Gasteiger partial charge >= 0.3 is 0 Å². The Kier molecular flexibility index (Phi) is 3.45. The van der Waals surface area contributed by atoms with Crippen molar-refractivity contribution < 1.29 is 9.53 Å². The third-order valence-electron chi connectivity index (χ3n) is 4.23. The first-order valence-electron chi connectivity index (χ1n) is 7.94. The van der Waals surface area contributed by atoms with Crippen molar-refractivity contribution in [3.05, 3.63) is 42.1 Å². The van der Waals surface area contributed by atoms with Crippen LogP contribution in [0.2, 0.25) is 0 Å². The van der Waals surface area contributed by atoms with Gasteiger partial charge in [0.05, 0.1) is 30.0 Å². The Hall–Kier alpha value is -2.89. The highest BCUT2D eigenvalue weighted by atomic mass is 16.5. The predicted molar refractivity (Wildman–Crippen MR) is 91.0 cm³/mol. The molecule has 2 heterocycles. The number of carbonyl (C=O) groups is 1. The third kappa shape index (κ3) is 2.60. The molecule has 1 amide bonds. The zero-order valence-corrected chi connectivity index (χ0v) is 13.6. The van der Waals surface area contributed by atoms with Crippen LogP contribution in [0.1, 0.15) is 23.2 Å². The van der Waals surface area contributed by atoms with Gasteiger partial charge in [-0.3, -0.25) is 9.48 Å². The Bertz CT molecular complexity index is 928. The fourth-order valence-corrected chi connectivity index (χ4v) is 2.72. The minimum Gasteiger partial charge on any atom is -0.497 e. The minimum absolute atomic E-state index is 0.0675. The van der Waals surface area contributed by atoms with E-state index in [1.54, 1.807) is 18.0 Å². The van der Waals surface area contributed by atoms with Gasteiger partial charge in [-0.2, -0.15) is 5.10 Å². The summed E-state index contributed by atoms with van der Waals surface area (Å²) in [5, 5.41) is 8.06. The molecule has 6 nitrogen and oxygen atoms in total. The maximum Gasteiger partial charge on any atom is 0.252 e. The number of benzene rings is 1. The fourth-order valence-electron chi connectivity index (χ4n) is 2.72. The van der Waals surface area contributed by atoms with Crippen LogP contribution in [0.25, 0.3) is 22.3 Å². The molecule has 3 aromatic rings. The number of nitrogens with zero attached hydrogens (tertiary/aromatic N) is 3. The van der Waals surface area contributed by atoms with Gasteiger partial charge < -0.3 is 10.1 Å². The largest absolute Gasteiger partial charge is 0.497 e. The second-order valence-corrected chi connectivity index (χ2v) is 6.04. The Morgan fingerprint density at radius 1 is 1.33 bits per heavy atom. The molecule has 1 fully saturated rings. The highest BCUT2D eigenvalue weighted by Crippen LogP contribution is 2.28. The first-order valence-corrected chi connectivity index (χ1v) is 7.94. The molecule has 1 aliphatic rings. The number of hydrogen-bond acceptors (Lipinski definition) is 4. The Balaban J connectivity index is 1.86. The van der Waals surface area contributed by atoms with E-state index in [4.69, 9.17) is 4.74 Å². The van der Waals surface area contributed by atoms with Crippen molar-refractivity contribution in [2.45, 2.75) is 18.9 Å². The molecule has 1 N–H and O–H groups in total. The molecule has 122 valence electrons. The lowest BCUT2D eigenvalue weighted by Crippen LogP contribution is -2.25.